The van der Waals surface area contributed by atoms with E-state index in [0.29, 0.717) is 28.9 Å². The molecule has 2 aromatic rings. The highest BCUT2D eigenvalue weighted by molar-refractivity contribution is 8.14. The second-order valence-corrected chi connectivity index (χ2v) is 10.2. The van der Waals surface area contributed by atoms with Crippen molar-refractivity contribution in [2.24, 2.45) is 5.10 Å². The Labute approximate surface area is 199 Å². The maximum atomic E-state index is 12.7. The Balaban J connectivity index is 1.88. The normalized spacial score (nSPS) is 16.8. The lowest BCUT2D eigenvalue weighted by Crippen LogP contribution is -2.34. The number of thioether (sulfide) groups is 1. The molecule has 1 amide bonds. The summed E-state index contributed by atoms with van der Waals surface area (Å²) >= 11 is 1.07. The van der Waals surface area contributed by atoms with Crippen molar-refractivity contribution >= 4 is 38.4 Å². The van der Waals surface area contributed by atoms with Crippen LogP contribution in [0.25, 0.3) is 0 Å². The van der Waals surface area contributed by atoms with Gasteiger partial charge in [0.05, 0.1) is 30.9 Å². The Morgan fingerprint density at radius 3 is 2.38 bits per heavy atom. The molecule has 34 heavy (non-hydrogen) atoms. The molecule has 0 radical (unpaired) electrons. The van der Waals surface area contributed by atoms with Crippen LogP contribution in [0.1, 0.15) is 24.5 Å². The molecule has 0 saturated carbocycles. The van der Waals surface area contributed by atoms with E-state index < -0.39 is 22.1 Å². The highest BCUT2D eigenvalue weighted by Crippen LogP contribution is 2.36. The van der Waals surface area contributed by atoms with Gasteiger partial charge in [0.1, 0.15) is 0 Å². The summed E-state index contributed by atoms with van der Waals surface area (Å²) < 4.78 is 72.1. The van der Waals surface area contributed by atoms with Crippen LogP contribution in [-0.2, 0) is 16.6 Å². The third-order valence-electron chi connectivity index (χ3n) is 4.63. The van der Waals surface area contributed by atoms with E-state index in [1.54, 1.807) is 24.3 Å². The smallest absolute Gasteiger partial charge is 0.493 e. The average Bonchev–Trinajstić information content (AvgIpc) is 2.74. The largest absolute Gasteiger partial charge is 0.573 e. The number of halogens is 3. The van der Waals surface area contributed by atoms with Crippen molar-refractivity contribution in [3.05, 3.63) is 53.6 Å². The molecule has 0 aromatic heterocycles. The van der Waals surface area contributed by atoms with Gasteiger partial charge in [-0.3, -0.25) is 9.52 Å². The summed E-state index contributed by atoms with van der Waals surface area (Å²) in [6.07, 6.45) is -3.26. The molecule has 1 aliphatic heterocycles. The first-order valence-corrected chi connectivity index (χ1v) is 12.7. The quantitative estimate of drug-likeness (QED) is 0.540. The number of hydrogen-bond acceptors (Lipinski definition) is 7. The van der Waals surface area contributed by atoms with Gasteiger partial charge < -0.3 is 9.47 Å². The van der Waals surface area contributed by atoms with Gasteiger partial charge in [0.2, 0.25) is 10.0 Å². The van der Waals surface area contributed by atoms with Gasteiger partial charge >= 0.3 is 11.6 Å². The molecule has 2 aromatic carbocycles. The SMILES string of the molecule is CCC1SC(=O)N(Cc2ccc(NS(C)(=O)=O)cc2)N=C1c1ccc(OC(F)(F)F)c(OC)c1. The summed E-state index contributed by atoms with van der Waals surface area (Å²) in [5.41, 5.74) is 2.10. The summed E-state index contributed by atoms with van der Waals surface area (Å²) in [5, 5.41) is 5.17. The van der Waals surface area contributed by atoms with Crippen molar-refractivity contribution in [2.45, 2.75) is 31.5 Å². The van der Waals surface area contributed by atoms with Crippen molar-refractivity contribution < 1.29 is 35.9 Å². The van der Waals surface area contributed by atoms with Gasteiger partial charge in [0, 0.05) is 11.3 Å². The molecule has 8 nitrogen and oxygen atoms in total. The number of nitrogens with zero attached hydrogens (tertiary/aromatic N) is 2. The number of amides is 1. The number of rotatable bonds is 8. The molecule has 1 heterocycles. The number of nitrogens with one attached hydrogen (secondary N) is 1. The minimum atomic E-state index is -4.87. The summed E-state index contributed by atoms with van der Waals surface area (Å²) in [5.74, 6) is -0.596. The zero-order valence-electron chi connectivity index (χ0n) is 18.4. The van der Waals surface area contributed by atoms with Gasteiger partial charge in [-0.1, -0.05) is 30.8 Å². The number of ether oxygens (including phenoxy) is 2. The van der Waals surface area contributed by atoms with Gasteiger partial charge in [0.15, 0.2) is 11.5 Å². The number of hydrogen-bond donors (Lipinski definition) is 1. The van der Waals surface area contributed by atoms with Crippen molar-refractivity contribution in [1.29, 1.82) is 0 Å². The Morgan fingerprint density at radius 1 is 1.15 bits per heavy atom. The van der Waals surface area contributed by atoms with Crippen molar-refractivity contribution in [1.82, 2.24) is 5.01 Å². The number of methoxy groups -OCH3 is 1. The van der Waals surface area contributed by atoms with Crippen LogP contribution in [0.2, 0.25) is 0 Å². The summed E-state index contributed by atoms with van der Waals surface area (Å²) in [4.78, 5) is 12.7. The Morgan fingerprint density at radius 2 is 1.82 bits per heavy atom. The van der Waals surface area contributed by atoms with Crippen LogP contribution in [0.4, 0.5) is 23.7 Å². The molecule has 13 heteroatoms. The van der Waals surface area contributed by atoms with E-state index >= 15 is 0 Å². The maximum absolute atomic E-state index is 12.7. The van der Waals surface area contributed by atoms with Gasteiger partial charge in [-0.25, -0.2) is 13.4 Å². The fourth-order valence-electron chi connectivity index (χ4n) is 3.19. The first-order chi connectivity index (χ1) is 15.9. The van der Waals surface area contributed by atoms with Crippen LogP contribution in [-0.4, -0.2) is 49.4 Å². The van der Waals surface area contributed by atoms with Crippen molar-refractivity contribution in [3.8, 4) is 11.5 Å². The molecule has 0 spiro atoms. The van der Waals surface area contributed by atoms with Crippen LogP contribution in [0.15, 0.2) is 47.6 Å². The molecule has 0 fully saturated rings. The lowest BCUT2D eigenvalue weighted by atomic mass is 10.0. The molecule has 184 valence electrons. The van der Waals surface area contributed by atoms with Crippen LogP contribution in [0.5, 0.6) is 11.5 Å². The number of carbonyl (C=O) groups is 1. The Hall–Kier alpha value is -2.93. The standard InChI is InChI=1S/C21H22F3N3O5S2/c1-4-18-19(14-7-10-16(17(11-14)31-2)32-21(22,23)24)25-27(20(28)33-18)12-13-5-8-15(9-6-13)26-34(3,29)30/h5-11,18,26H,4,12H2,1-3H3. The molecular formula is C21H22F3N3O5S2. The zero-order valence-corrected chi connectivity index (χ0v) is 20.1. The van der Waals surface area contributed by atoms with Crippen LogP contribution >= 0.6 is 11.8 Å². The van der Waals surface area contributed by atoms with Crippen molar-refractivity contribution in [3.63, 3.8) is 0 Å². The fraction of sp³-hybridized carbons (Fsp3) is 0.333. The summed E-state index contributed by atoms with van der Waals surface area (Å²) in [6, 6.07) is 10.4. The van der Waals surface area contributed by atoms with Gasteiger partial charge in [0.25, 0.3) is 0 Å². The molecule has 0 bridgehead atoms. The fourth-order valence-corrected chi connectivity index (χ4v) is 4.69. The highest BCUT2D eigenvalue weighted by atomic mass is 32.2. The maximum Gasteiger partial charge on any atom is 0.573 e. The van der Waals surface area contributed by atoms with E-state index in [9.17, 15) is 26.4 Å². The predicted octanol–water partition coefficient (Wildman–Crippen LogP) is 4.82. The molecule has 1 atom stereocenters. The van der Waals surface area contributed by atoms with E-state index in [1.807, 2.05) is 6.92 Å². The van der Waals surface area contributed by atoms with E-state index in [2.05, 4.69) is 14.6 Å². The summed E-state index contributed by atoms with van der Waals surface area (Å²) in [6.45, 7) is 2.00. The van der Waals surface area contributed by atoms with Crippen LogP contribution in [0.3, 0.4) is 0 Å². The van der Waals surface area contributed by atoms with Gasteiger partial charge in [-0.05, 0) is 42.3 Å². The van der Waals surface area contributed by atoms with E-state index in [4.69, 9.17) is 4.74 Å². The first-order valence-electron chi connectivity index (χ1n) is 9.96. The number of alkyl halides is 3. The molecule has 1 unspecified atom stereocenters. The third kappa shape index (κ3) is 6.79. The topological polar surface area (TPSA) is 97.3 Å². The molecule has 1 aliphatic rings. The lowest BCUT2D eigenvalue weighted by molar-refractivity contribution is -0.275. The third-order valence-corrected chi connectivity index (χ3v) is 6.49. The van der Waals surface area contributed by atoms with Crippen LogP contribution in [0, 0.1) is 0 Å². The molecule has 0 aliphatic carbocycles. The van der Waals surface area contributed by atoms with Gasteiger partial charge in [-0.15, -0.1) is 13.2 Å². The van der Waals surface area contributed by atoms with E-state index in [-0.39, 0.29) is 22.8 Å². The number of hydrazone groups is 1. The number of benzene rings is 2. The average molecular weight is 518 g/mol. The van der Waals surface area contributed by atoms with Gasteiger partial charge in [-0.2, -0.15) is 5.10 Å². The molecular weight excluding hydrogens is 495 g/mol. The molecule has 1 N–H and O–H groups in total. The minimum absolute atomic E-state index is 0.116. The number of sulfonamides is 1. The van der Waals surface area contributed by atoms with E-state index in [1.165, 1.54) is 24.3 Å². The Bertz CT molecular complexity index is 1190. The lowest BCUT2D eigenvalue weighted by Gasteiger charge is -2.28. The zero-order chi connectivity index (χ0) is 25.1. The summed E-state index contributed by atoms with van der Waals surface area (Å²) in [7, 11) is -2.18. The molecule has 0 saturated heterocycles. The minimum Gasteiger partial charge on any atom is -0.493 e. The van der Waals surface area contributed by atoms with E-state index in [0.717, 1.165) is 24.1 Å². The monoisotopic (exact) mass is 517 g/mol. The Kier molecular flexibility index (Phi) is 7.66. The first kappa shape index (κ1) is 25.7. The number of carbonyl (C=O) groups excluding carboxylic acids is 1. The van der Waals surface area contributed by atoms with Crippen molar-refractivity contribution in [2.75, 3.05) is 18.1 Å². The highest BCUT2D eigenvalue weighted by Gasteiger charge is 2.34. The second-order valence-electron chi connectivity index (χ2n) is 7.31. The number of anilines is 1. The molecule has 3 rings (SSSR count). The second kappa shape index (κ2) is 10.1. The predicted molar refractivity (Wildman–Crippen MR) is 124 cm³/mol. The van der Waals surface area contributed by atoms with Crippen LogP contribution < -0.4 is 14.2 Å².